The molecule has 13 nitrogen and oxygen atoms in total. The maximum Gasteiger partial charge on any atom is 0.244 e. The van der Waals surface area contributed by atoms with Crippen LogP contribution in [0.4, 0.5) is 0 Å². The van der Waals surface area contributed by atoms with Crippen molar-refractivity contribution in [2.24, 2.45) is 22.7 Å². The smallest absolute Gasteiger partial charge is 0.244 e. The Labute approximate surface area is 376 Å². The third-order valence-electron chi connectivity index (χ3n) is 13.9. The number of carbonyl (C=O) groups is 2. The SMILES string of the molecule is CN1C=C(c2cc(C(C)(C)O)ccc2Oc2ccc(CCC3CN(C4NCC(C(=O)NC5C(C)(C)C(Oc6ccc(C#N)c(Cl)c6)C5(C)C)CN4)CCO3)cc2)C2CCNC2C1=O. The summed E-state index contributed by atoms with van der Waals surface area (Å²) in [5, 5.41) is 34.4. The van der Waals surface area contributed by atoms with Gasteiger partial charge in [0.25, 0.3) is 0 Å². The molecule has 14 heteroatoms. The second-order valence-electron chi connectivity index (χ2n) is 19.7. The van der Waals surface area contributed by atoms with Crippen LogP contribution in [-0.2, 0) is 26.3 Å². The summed E-state index contributed by atoms with van der Waals surface area (Å²) in [5.41, 5.74) is 2.58. The van der Waals surface area contributed by atoms with Crippen LogP contribution in [0.2, 0.25) is 5.02 Å². The molecule has 3 aromatic carbocycles. The van der Waals surface area contributed by atoms with E-state index >= 15 is 0 Å². The van der Waals surface area contributed by atoms with Crippen molar-refractivity contribution in [2.45, 2.75) is 97.0 Å². The number of halogens is 1. The first-order valence-electron chi connectivity index (χ1n) is 22.3. The van der Waals surface area contributed by atoms with Crippen LogP contribution in [0, 0.1) is 34.0 Å². The van der Waals surface area contributed by atoms with Gasteiger partial charge >= 0.3 is 0 Å². The Bertz CT molecular complexity index is 2240. The van der Waals surface area contributed by atoms with Gasteiger partial charge in [0.1, 0.15) is 35.7 Å². The highest BCUT2D eigenvalue weighted by atomic mass is 35.5. The summed E-state index contributed by atoms with van der Waals surface area (Å²) in [6.45, 7) is 16.1. The summed E-state index contributed by atoms with van der Waals surface area (Å²) in [6, 6.07) is 20.9. The third-order valence-corrected chi connectivity index (χ3v) is 14.2. The van der Waals surface area contributed by atoms with E-state index in [1.54, 1.807) is 44.0 Å². The molecule has 0 spiro atoms. The molecule has 4 aliphatic heterocycles. The van der Waals surface area contributed by atoms with Crippen LogP contribution in [0.1, 0.15) is 76.6 Å². The average Bonchev–Trinajstić information content (AvgIpc) is 3.76. The van der Waals surface area contributed by atoms with Crippen LogP contribution < -0.4 is 30.7 Å². The van der Waals surface area contributed by atoms with E-state index in [2.05, 4.69) is 72.1 Å². The lowest BCUT2D eigenvalue weighted by molar-refractivity contribution is -0.175. The summed E-state index contributed by atoms with van der Waals surface area (Å²) in [6.07, 6.45) is 4.34. The van der Waals surface area contributed by atoms with Crippen LogP contribution in [0.25, 0.3) is 5.57 Å². The van der Waals surface area contributed by atoms with E-state index in [1.165, 1.54) is 5.56 Å². The molecule has 8 rings (SSSR count). The molecule has 3 atom stereocenters. The predicted molar refractivity (Wildman–Crippen MR) is 242 cm³/mol. The standard InChI is InChI=1S/C49H62ClN7O6/c1-47(2)44(48(3,4)45(47)63-34-16-11-30(24-51)39(50)23-34)55-42(58)31-25-53-46(54-26-31)57-20-21-61-35(27-57)15-10-29-8-13-33(14-9-29)62-40-17-12-32(49(5,6)60)22-37(40)38-28-56(7)43(59)41-36(38)18-19-52-41/h8-9,11-14,16-17,22-23,28,31,35-36,41,44-46,52-54,60H,10,15,18-21,25-27H2,1-7H3,(H,55,58). The predicted octanol–water partition coefficient (Wildman–Crippen LogP) is 5.75. The lowest BCUT2D eigenvalue weighted by Crippen LogP contribution is -2.75. The molecule has 3 unspecified atom stereocenters. The van der Waals surface area contributed by atoms with Crippen LogP contribution in [0.5, 0.6) is 17.2 Å². The number of benzene rings is 3. The number of aryl methyl sites for hydroxylation is 1. The molecule has 0 radical (unpaired) electrons. The van der Waals surface area contributed by atoms with Crippen molar-refractivity contribution in [1.29, 1.82) is 5.26 Å². The first-order chi connectivity index (χ1) is 29.9. The van der Waals surface area contributed by atoms with Gasteiger partial charge < -0.3 is 34.9 Å². The van der Waals surface area contributed by atoms with Crippen molar-refractivity contribution in [3.8, 4) is 23.3 Å². The zero-order valence-corrected chi connectivity index (χ0v) is 38.2. The van der Waals surface area contributed by atoms with Gasteiger partial charge in [-0.05, 0) is 92.8 Å². The molecule has 63 heavy (non-hydrogen) atoms. The Morgan fingerprint density at radius 1 is 1.03 bits per heavy atom. The highest BCUT2D eigenvalue weighted by Crippen LogP contribution is 2.55. The van der Waals surface area contributed by atoms with Crippen molar-refractivity contribution >= 4 is 29.0 Å². The van der Waals surface area contributed by atoms with Gasteiger partial charge in [0.2, 0.25) is 11.8 Å². The first-order valence-corrected chi connectivity index (χ1v) is 22.7. The molecule has 2 amide bonds. The molecule has 0 aromatic heterocycles. The number of rotatable bonds is 12. The summed E-state index contributed by atoms with van der Waals surface area (Å²) < 4.78 is 19.2. The number of amides is 2. The van der Waals surface area contributed by atoms with Gasteiger partial charge in [-0.1, -0.05) is 57.5 Å². The summed E-state index contributed by atoms with van der Waals surface area (Å²) >= 11 is 6.28. The Balaban J connectivity index is 0.820. The van der Waals surface area contributed by atoms with Crippen LogP contribution in [-0.4, -0.2) is 104 Å². The minimum absolute atomic E-state index is 0.0201. The summed E-state index contributed by atoms with van der Waals surface area (Å²) in [7, 11) is 1.79. The number of nitrogens with one attached hydrogen (secondary N) is 4. The fourth-order valence-electron chi connectivity index (χ4n) is 10.7. The maximum absolute atomic E-state index is 13.7. The minimum Gasteiger partial charge on any atom is -0.489 e. The third kappa shape index (κ3) is 9.23. The number of nitrogens with zero attached hydrogens (tertiary/aromatic N) is 3. The lowest BCUT2D eigenvalue weighted by Gasteiger charge is -2.63. The van der Waals surface area contributed by atoms with E-state index in [9.17, 15) is 20.0 Å². The fourth-order valence-corrected chi connectivity index (χ4v) is 10.9. The van der Waals surface area contributed by atoms with E-state index in [0.29, 0.717) is 47.5 Å². The molecule has 1 saturated carbocycles. The number of hydrogen-bond donors (Lipinski definition) is 5. The molecule has 4 fully saturated rings. The van der Waals surface area contributed by atoms with E-state index < -0.39 is 5.60 Å². The Hall–Kier alpha value is -4.52. The number of hydrogen-bond acceptors (Lipinski definition) is 11. The van der Waals surface area contributed by atoms with Gasteiger partial charge in [0.05, 0.1) is 40.9 Å². The molecule has 3 aromatic rings. The normalized spacial score (nSPS) is 28.0. The van der Waals surface area contributed by atoms with Crippen molar-refractivity contribution in [2.75, 3.05) is 46.4 Å². The average molecular weight is 881 g/mol. The minimum atomic E-state index is -1.04. The topological polar surface area (TPSA) is 160 Å². The Kier molecular flexibility index (Phi) is 12.7. The Morgan fingerprint density at radius 3 is 2.43 bits per heavy atom. The highest BCUT2D eigenvalue weighted by molar-refractivity contribution is 6.31. The summed E-state index contributed by atoms with van der Waals surface area (Å²) in [4.78, 5) is 30.6. The first kappa shape index (κ1) is 45.1. The molecule has 5 N–H and O–H groups in total. The Morgan fingerprint density at radius 2 is 1.75 bits per heavy atom. The van der Waals surface area contributed by atoms with E-state index in [-0.39, 0.29) is 65.1 Å². The number of carbonyl (C=O) groups excluding carboxylic acids is 2. The van der Waals surface area contributed by atoms with Crippen LogP contribution >= 0.6 is 11.6 Å². The molecular formula is C49H62ClN7O6. The molecule has 1 aliphatic carbocycles. The van der Waals surface area contributed by atoms with Gasteiger partial charge in [-0.15, -0.1) is 0 Å². The van der Waals surface area contributed by atoms with Gasteiger partial charge in [0.15, 0.2) is 0 Å². The number of ether oxygens (including phenoxy) is 3. The molecule has 5 aliphatic rings. The number of morpholine rings is 1. The number of nitriles is 1. The van der Waals surface area contributed by atoms with Gasteiger partial charge in [-0.2, -0.15) is 5.26 Å². The molecule has 336 valence electrons. The van der Waals surface area contributed by atoms with Crippen molar-refractivity contribution in [1.82, 2.24) is 31.1 Å². The zero-order chi connectivity index (χ0) is 44.8. The highest BCUT2D eigenvalue weighted by Gasteiger charge is 2.64. The van der Waals surface area contributed by atoms with Crippen molar-refractivity contribution in [3.05, 3.63) is 94.1 Å². The van der Waals surface area contributed by atoms with E-state index in [1.807, 2.05) is 36.5 Å². The molecule has 3 saturated heterocycles. The number of likely N-dealkylation sites (N-methyl/N-ethyl adjacent to an activating group) is 1. The fraction of sp³-hybridized carbons (Fsp3) is 0.531. The lowest BCUT2D eigenvalue weighted by atomic mass is 9.49. The summed E-state index contributed by atoms with van der Waals surface area (Å²) in [5.74, 6) is 1.89. The second-order valence-corrected chi connectivity index (χ2v) is 20.1. The number of fused-ring (bicyclic) bond motifs is 1. The van der Waals surface area contributed by atoms with E-state index in [4.69, 9.17) is 25.8 Å². The van der Waals surface area contributed by atoms with Crippen LogP contribution in [0.15, 0.2) is 66.9 Å². The van der Waals surface area contributed by atoms with E-state index in [0.717, 1.165) is 55.6 Å². The largest absolute Gasteiger partial charge is 0.489 e. The zero-order valence-electron chi connectivity index (χ0n) is 37.5. The second kappa shape index (κ2) is 17.8. The monoisotopic (exact) mass is 879 g/mol. The van der Waals surface area contributed by atoms with Crippen LogP contribution in [0.3, 0.4) is 0 Å². The van der Waals surface area contributed by atoms with Crippen molar-refractivity contribution < 1.29 is 28.9 Å². The van der Waals surface area contributed by atoms with Gasteiger partial charge in [-0.3, -0.25) is 25.1 Å². The number of aliphatic hydroxyl groups is 1. The van der Waals surface area contributed by atoms with Crippen molar-refractivity contribution in [3.63, 3.8) is 0 Å². The van der Waals surface area contributed by atoms with Gasteiger partial charge in [-0.25, -0.2) is 0 Å². The van der Waals surface area contributed by atoms with Gasteiger partial charge in [0, 0.05) is 73.8 Å². The molecule has 0 bridgehead atoms. The quantitative estimate of drug-likeness (QED) is 0.151. The molecule has 4 heterocycles. The maximum atomic E-state index is 13.7. The molecular weight excluding hydrogens is 818 g/mol.